The van der Waals surface area contributed by atoms with Gasteiger partial charge in [0, 0.05) is 73.6 Å². The van der Waals surface area contributed by atoms with E-state index in [-0.39, 0.29) is 22.9 Å². The van der Waals surface area contributed by atoms with Gasteiger partial charge in [0.1, 0.15) is 11.5 Å². The lowest BCUT2D eigenvalue weighted by Gasteiger charge is -2.30. The summed E-state index contributed by atoms with van der Waals surface area (Å²) in [4.78, 5) is 0. The number of hydrogen-bond donors (Lipinski definition) is 6. The van der Waals surface area contributed by atoms with Gasteiger partial charge in [-0.3, -0.25) is 0 Å². The van der Waals surface area contributed by atoms with E-state index in [2.05, 4.69) is 101 Å². The zero-order valence-corrected chi connectivity index (χ0v) is 23.6. The molecular formula is C30H48N4O2. The Balaban J connectivity index is 1.89. The summed E-state index contributed by atoms with van der Waals surface area (Å²) in [6, 6.07) is 8.35. The van der Waals surface area contributed by atoms with Crippen molar-refractivity contribution in [1.82, 2.24) is 21.3 Å². The van der Waals surface area contributed by atoms with Gasteiger partial charge in [-0.15, -0.1) is 0 Å². The molecule has 6 nitrogen and oxygen atoms in total. The summed E-state index contributed by atoms with van der Waals surface area (Å²) in [5.41, 5.74) is 6.04. The molecule has 0 spiro atoms. The molecule has 200 valence electrons. The van der Waals surface area contributed by atoms with Crippen molar-refractivity contribution in [3.8, 4) is 11.5 Å². The van der Waals surface area contributed by atoms with Gasteiger partial charge in [-0.1, -0.05) is 63.1 Å². The topological polar surface area (TPSA) is 88.6 Å². The van der Waals surface area contributed by atoms with Gasteiger partial charge in [0.2, 0.25) is 0 Å². The maximum absolute atomic E-state index is 11.2. The minimum atomic E-state index is -0.0123. The number of hydrogen-bond acceptors (Lipinski definition) is 6. The van der Waals surface area contributed by atoms with E-state index in [1.807, 2.05) is 0 Å². The zero-order chi connectivity index (χ0) is 26.7. The molecule has 0 radical (unpaired) electrons. The minimum Gasteiger partial charge on any atom is -0.507 e. The maximum Gasteiger partial charge on any atom is 0.125 e. The Morgan fingerprint density at radius 1 is 0.639 bits per heavy atom. The highest BCUT2D eigenvalue weighted by atomic mass is 16.3. The second-order valence-corrected chi connectivity index (χ2v) is 12.5. The first-order valence-corrected chi connectivity index (χ1v) is 13.3. The lowest BCUT2D eigenvalue weighted by atomic mass is 9.90. The van der Waals surface area contributed by atoms with E-state index in [4.69, 9.17) is 0 Å². The van der Waals surface area contributed by atoms with Crippen molar-refractivity contribution in [1.29, 1.82) is 0 Å². The molecule has 0 aliphatic carbocycles. The van der Waals surface area contributed by atoms with Crippen LogP contribution in [-0.4, -0.2) is 36.4 Å². The molecule has 0 saturated heterocycles. The number of aryl methyl sites for hydroxylation is 2. The predicted molar refractivity (Wildman–Crippen MR) is 149 cm³/mol. The highest BCUT2D eigenvalue weighted by Crippen LogP contribution is 2.34. The second-order valence-electron chi connectivity index (χ2n) is 12.5. The maximum atomic E-state index is 11.2. The van der Waals surface area contributed by atoms with Gasteiger partial charge >= 0.3 is 0 Å². The van der Waals surface area contributed by atoms with Crippen molar-refractivity contribution in [2.24, 2.45) is 10.8 Å². The lowest BCUT2D eigenvalue weighted by Crippen LogP contribution is -2.39. The van der Waals surface area contributed by atoms with Crippen LogP contribution >= 0.6 is 0 Å². The van der Waals surface area contributed by atoms with Gasteiger partial charge < -0.3 is 31.5 Å². The minimum absolute atomic E-state index is 0.0123. The number of benzene rings is 2. The molecule has 0 fully saturated rings. The van der Waals surface area contributed by atoms with Crippen LogP contribution in [0.15, 0.2) is 24.3 Å². The van der Waals surface area contributed by atoms with Crippen molar-refractivity contribution < 1.29 is 10.2 Å². The third-order valence-corrected chi connectivity index (χ3v) is 7.27. The predicted octanol–water partition coefficient (Wildman–Crippen LogP) is 4.96. The molecule has 1 aliphatic rings. The van der Waals surface area contributed by atoms with Crippen molar-refractivity contribution in [3.63, 3.8) is 0 Å². The van der Waals surface area contributed by atoms with Crippen LogP contribution in [0.5, 0.6) is 11.5 Å². The van der Waals surface area contributed by atoms with Gasteiger partial charge in [-0.05, 0) is 38.5 Å². The largest absolute Gasteiger partial charge is 0.507 e. The van der Waals surface area contributed by atoms with E-state index in [9.17, 15) is 10.2 Å². The molecule has 2 atom stereocenters. The van der Waals surface area contributed by atoms with Gasteiger partial charge in [0.15, 0.2) is 0 Å². The van der Waals surface area contributed by atoms with E-state index in [0.29, 0.717) is 24.6 Å². The first-order valence-electron chi connectivity index (χ1n) is 13.3. The van der Waals surface area contributed by atoms with Crippen LogP contribution in [0.3, 0.4) is 0 Å². The standard InChI is InChI=1S/C30H48N4O2/c1-19-9-23-13-31-15-29(5,6)17-33-21(3)25-11-20(2)12-26(28(25)36)22(4)34-18-30(7,8)16-32-14-24(10-19)27(23)35/h9-12,21-22,31-36H,13-18H2,1-8H3. The molecule has 3 rings (SSSR count). The average Bonchev–Trinajstić information content (AvgIpc) is 2.79. The number of nitrogens with one attached hydrogen (secondary N) is 4. The van der Waals surface area contributed by atoms with Gasteiger partial charge in [-0.2, -0.15) is 0 Å². The number of fused-ring (bicyclic) bond motifs is 4. The summed E-state index contributed by atoms with van der Waals surface area (Å²) in [5.74, 6) is 0.764. The van der Waals surface area contributed by atoms with Gasteiger partial charge in [0.25, 0.3) is 0 Å². The van der Waals surface area contributed by atoms with Crippen molar-refractivity contribution in [2.45, 2.75) is 80.6 Å². The summed E-state index contributed by atoms with van der Waals surface area (Å²) in [5, 5.41) is 36.6. The van der Waals surface area contributed by atoms with Crippen LogP contribution in [0.2, 0.25) is 0 Å². The van der Waals surface area contributed by atoms with E-state index in [0.717, 1.165) is 59.6 Å². The van der Waals surface area contributed by atoms with Crippen molar-refractivity contribution in [2.75, 3.05) is 26.2 Å². The molecule has 2 aromatic rings. The molecule has 1 aliphatic heterocycles. The molecule has 2 unspecified atom stereocenters. The van der Waals surface area contributed by atoms with Crippen LogP contribution in [0.4, 0.5) is 0 Å². The van der Waals surface area contributed by atoms with Crippen LogP contribution in [0.25, 0.3) is 0 Å². The van der Waals surface area contributed by atoms with E-state index >= 15 is 0 Å². The molecule has 1 heterocycles. The molecular weight excluding hydrogens is 448 g/mol. The van der Waals surface area contributed by atoms with Gasteiger partial charge in [-0.25, -0.2) is 0 Å². The highest BCUT2D eigenvalue weighted by molar-refractivity contribution is 5.46. The summed E-state index contributed by atoms with van der Waals surface area (Å²) in [6.07, 6.45) is 0. The summed E-state index contributed by atoms with van der Waals surface area (Å²) in [7, 11) is 0. The number of phenolic OH excluding ortho intramolecular Hbond substituents is 2. The molecule has 2 aromatic carbocycles. The first kappa shape index (κ1) is 28.5. The van der Waals surface area contributed by atoms with E-state index in [1.165, 1.54) is 0 Å². The molecule has 0 aromatic heterocycles. The fourth-order valence-electron chi connectivity index (χ4n) is 4.97. The van der Waals surface area contributed by atoms with Gasteiger partial charge in [0.05, 0.1) is 0 Å². The van der Waals surface area contributed by atoms with Crippen molar-refractivity contribution in [3.05, 3.63) is 57.6 Å². The Bertz CT molecular complexity index is 973. The molecule has 0 amide bonds. The molecule has 4 bridgehead atoms. The monoisotopic (exact) mass is 496 g/mol. The third-order valence-electron chi connectivity index (χ3n) is 7.27. The SMILES string of the molecule is Cc1cc2c(O)c(c1)CNCC(C)(C)CNC(C)c1cc(C)cc(c1O)C(C)NCC(C)(C)CNC2. The molecule has 36 heavy (non-hydrogen) atoms. The fraction of sp³-hybridized carbons (Fsp3) is 0.600. The van der Waals surface area contributed by atoms with Crippen molar-refractivity contribution >= 4 is 0 Å². The molecule has 6 N–H and O–H groups in total. The van der Waals surface area contributed by atoms with Crippen LogP contribution < -0.4 is 21.3 Å². The highest BCUT2D eigenvalue weighted by Gasteiger charge is 2.24. The Kier molecular flexibility index (Phi) is 9.10. The quantitative estimate of drug-likeness (QED) is 0.309. The normalized spacial score (nSPS) is 23.7. The third kappa shape index (κ3) is 7.45. The van der Waals surface area contributed by atoms with Crippen LogP contribution in [0, 0.1) is 24.7 Å². The Morgan fingerprint density at radius 3 is 1.44 bits per heavy atom. The summed E-state index contributed by atoms with van der Waals surface area (Å²) in [6.45, 7) is 21.8. The second kappa shape index (κ2) is 11.5. The number of phenols is 2. The summed E-state index contributed by atoms with van der Waals surface area (Å²) < 4.78 is 0. The Hall–Kier alpha value is -2.12. The molecule has 0 saturated carbocycles. The number of rotatable bonds is 0. The zero-order valence-electron chi connectivity index (χ0n) is 23.6. The number of aromatic hydroxyl groups is 2. The lowest BCUT2D eigenvalue weighted by molar-refractivity contribution is 0.299. The molecule has 6 heteroatoms. The van der Waals surface area contributed by atoms with E-state index in [1.54, 1.807) is 0 Å². The Morgan fingerprint density at radius 2 is 1.03 bits per heavy atom. The summed E-state index contributed by atoms with van der Waals surface area (Å²) >= 11 is 0. The van der Waals surface area contributed by atoms with Crippen LogP contribution in [-0.2, 0) is 13.1 Å². The Labute approximate surface area is 218 Å². The smallest absolute Gasteiger partial charge is 0.125 e. The van der Waals surface area contributed by atoms with Crippen LogP contribution in [0.1, 0.15) is 87.0 Å². The average molecular weight is 497 g/mol. The van der Waals surface area contributed by atoms with E-state index < -0.39 is 0 Å². The fourth-order valence-corrected chi connectivity index (χ4v) is 4.97. The first-order chi connectivity index (χ1) is 16.8.